The van der Waals surface area contributed by atoms with Gasteiger partial charge in [0, 0.05) is 43.3 Å². The third kappa shape index (κ3) is 3.53. The summed E-state index contributed by atoms with van der Waals surface area (Å²) in [4.78, 5) is 19.9. The van der Waals surface area contributed by atoms with E-state index in [0.717, 1.165) is 17.1 Å². The van der Waals surface area contributed by atoms with Gasteiger partial charge in [-0.15, -0.1) is 0 Å². The van der Waals surface area contributed by atoms with Crippen LogP contribution in [-0.2, 0) is 22.5 Å². The van der Waals surface area contributed by atoms with Gasteiger partial charge in [-0.1, -0.05) is 6.07 Å². The Morgan fingerprint density at radius 3 is 3.04 bits per heavy atom. The van der Waals surface area contributed by atoms with Gasteiger partial charge in [0.2, 0.25) is 0 Å². The van der Waals surface area contributed by atoms with Gasteiger partial charge < -0.3 is 10.1 Å². The smallest absolute Gasteiger partial charge is 0.305 e. The molecule has 3 heterocycles. The van der Waals surface area contributed by atoms with Gasteiger partial charge in [-0.2, -0.15) is 9.61 Å². The molecule has 2 radical (unpaired) electrons. The summed E-state index contributed by atoms with van der Waals surface area (Å²) >= 11 is 0. The zero-order valence-corrected chi connectivity index (χ0v) is 13.3. The van der Waals surface area contributed by atoms with E-state index >= 15 is 0 Å². The number of rotatable bonds is 6. The van der Waals surface area contributed by atoms with Crippen LogP contribution in [0.25, 0.3) is 5.65 Å². The first-order valence-electron chi connectivity index (χ1n) is 7.50. The van der Waals surface area contributed by atoms with Crippen molar-refractivity contribution in [2.24, 2.45) is 0 Å². The average molecular weight is 321 g/mol. The highest BCUT2D eigenvalue weighted by atomic mass is 16.5. The largest absolute Gasteiger partial charge is 0.469 e. The Kier molecular flexibility index (Phi) is 4.74. The van der Waals surface area contributed by atoms with E-state index in [0.29, 0.717) is 24.1 Å². The molecule has 7 nitrogen and oxygen atoms in total. The molecule has 0 aliphatic heterocycles. The summed E-state index contributed by atoms with van der Waals surface area (Å²) in [6.07, 6.45) is 5.81. The molecule has 3 aromatic heterocycles. The van der Waals surface area contributed by atoms with Gasteiger partial charge in [0.05, 0.1) is 13.5 Å². The summed E-state index contributed by atoms with van der Waals surface area (Å²) in [5.74, 6) is 0.475. The van der Waals surface area contributed by atoms with Crippen molar-refractivity contribution in [2.75, 3.05) is 12.4 Å². The zero-order chi connectivity index (χ0) is 16.9. The van der Waals surface area contributed by atoms with Crippen LogP contribution in [0.15, 0.2) is 36.8 Å². The maximum absolute atomic E-state index is 11.3. The number of ether oxygens (including phenoxy) is 1. The van der Waals surface area contributed by atoms with E-state index in [9.17, 15) is 4.79 Å². The normalized spacial score (nSPS) is 10.7. The lowest BCUT2D eigenvalue weighted by Crippen LogP contribution is -2.11. The van der Waals surface area contributed by atoms with Gasteiger partial charge in [-0.25, -0.2) is 4.98 Å². The Morgan fingerprint density at radius 2 is 2.29 bits per heavy atom. The van der Waals surface area contributed by atoms with Crippen LogP contribution in [0.4, 0.5) is 5.82 Å². The molecule has 3 aromatic rings. The fraction of sp³-hybridized carbons (Fsp3) is 0.250. The third-order valence-corrected chi connectivity index (χ3v) is 3.56. The minimum Gasteiger partial charge on any atom is -0.469 e. The van der Waals surface area contributed by atoms with Crippen molar-refractivity contribution in [3.63, 3.8) is 0 Å². The number of carbonyl (C=O) groups is 1. The fourth-order valence-corrected chi connectivity index (χ4v) is 2.31. The van der Waals surface area contributed by atoms with Crippen molar-refractivity contribution in [1.29, 1.82) is 0 Å². The summed E-state index contributed by atoms with van der Waals surface area (Å²) < 4.78 is 6.32. The number of nitrogens with one attached hydrogen (secondary N) is 1. The maximum atomic E-state index is 11.3. The van der Waals surface area contributed by atoms with E-state index in [4.69, 9.17) is 7.85 Å². The second-order valence-electron chi connectivity index (χ2n) is 5.26. The molecule has 0 amide bonds. The molecule has 3 rings (SSSR count). The fourth-order valence-electron chi connectivity index (χ4n) is 2.31. The molecule has 8 heteroatoms. The molecule has 1 N–H and O–H groups in total. The van der Waals surface area contributed by atoms with Crippen LogP contribution in [0.5, 0.6) is 0 Å². The summed E-state index contributed by atoms with van der Waals surface area (Å²) in [5.41, 5.74) is 2.83. The molecule has 24 heavy (non-hydrogen) atoms. The van der Waals surface area contributed by atoms with Crippen LogP contribution < -0.4 is 10.8 Å². The molecule has 0 fully saturated rings. The zero-order valence-electron chi connectivity index (χ0n) is 13.3. The molecule has 0 aliphatic carbocycles. The number of hydrogen-bond donors (Lipinski definition) is 1. The molecular weight excluding hydrogens is 305 g/mol. The number of pyridine rings is 1. The number of aromatic nitrogens is 4. The van der Waals surface area contributed by atoms with Gasteiger partial charge >= 0.3 is 5.97 Å². The average Bonchev–Trinajstić information content (AvgIpc) is 2.99. The van der Waals surface area contributed by atoms with Gasteiger partial charge in [0.25, 0.3) is 0 Å². The summed E-state index contributed by atoms with van der Waals surface area (Å²) in [6, 6.07) is 5.72. The number of nitrogens with zero attached hydrogens (tertiary/aromatic N) is 4. The molecular formula is C16H16BN5O2. The third-order valence-electron chi connectivity index (χ3n) is 3.56. The second kappa shape index (κ2) is 7.12. The van der Waals surface area contributed by atoms with Crippen LogP contribution in [0, 0.1) is 0 Å². The predicted octanol–water partition coefficient (Wildman–Crippen LogP) is 0.636. The summed E-state index contributed by atoms with van der Waals surface area (Å²) in [6.45, 7) is 0.586. The van der Waals surface area contributed by atoms with Crippen LogP contribution in [0.2, 0.25) is 0 Å². The Labute approximate surface area is 140 Å². The highest BCUT2D eigenvalue weighted by molar-refractivity contribution is 6.36. The first kappa shape index (κ1) is 16.0. The summed E-state index contributed by atoms with van der Waals surface area (Å²) in [5, 5.41) is 7.55. The van der Waals surface area contributed by atoms with E-state index in [2.05, 4.69) is 25.1 Å². The number of fused-ring (bicyclic) bond motifs is 1. The molecule has 0 spiro atoms. The molecule has 0 saturated carbocycles. The van der Waals surface area contributed by atoms with Crippen LogP contribution >= 0.6 is 0 Å². The number of hydrogen-bond acceptors (Lipinski definition) is 6. The first-order chi connectivity index (χ1) is 11.7. The van der Waals surface area contributed by atoms with Crippen molar-refractivity contribution in [3.05, 3.63) is 48.0 Å². The number of methoxy groups -OCH3 is 1. The van der Waals surface area contributed by atoms with Crippen molar-refractivity contribution >= 4 is 30.7 Å². The van der Waals surface area contributed by atoms with E-state index < -0.39 is 0 Å². The molecule has 0 bridgehead atoms. The topological polar surface area (TPSA) is 81.4 Å². The molecule has 0 aliphatic rings. The SMILES string of the molecule is [B]c1cnn2c(NCc3cccnc3)cc(CCC(=O)OC)nc12. The molecule has 0 saturated heterocycles. The predicted molar refractivity (Wildman–Crippen MR) is 90.3 cm³/mol. The number of aryl methyl sites for hydroxylation is 1. The van der Waals surface area contributed by atoms with Gasteiger partial charge in [-0.05, 0) is 17.1 Å². The Bertz CT molecular complexity index is 850. The summed E-state index contributed by atoms with van der Waals surface area (Å²) in [7, 11) is 7.30. The van der Waals surface area contributed by atoms with E-state index in [1.165, 1.54) is 7.11 Å². The van der Waals surface area contributed by atoms with Crippen LogP contribution in [-0.4, -0.2) is 40.5 Å². The second-order valence-corrected chi connectivity index (χ2v) is 5.26. The van der Waals surface area contributed by atoms with Gasteiger partial charge in [0.1, 0.15) is 19.3 Å². The van der Waals surface area contributed by atoms with Crippen LogP contribution in [0.1, 0.15) is 17.7 Å². The maximum Gasteiger partial charge on any atom is 0.305 e. The van der Waals surface area contributed by atoms with Crippen molar-refractivity contribution in [1.82, 2.24) is 19.6 Å². The highest BCUT2D eigenvalue weighted by Crippen LogP contribution is 2.14. The number of carbonyl (C=O) groups excluding carboxylic acids is 1. The minimum absolute atomic E-state index is 0.260. The van der Waals surface area contributed by atoms with Gasteiger partial charge in [-0.3, -0.25) is 9.78 Å². The monoisotopic (exact) mass is 321 g/mol. The lowest BCUT2D eigenvalue weighted by atomic mass is 10.0. The molecule has 120 valence electrons. The van der Waals surface area contributed by atoms with Crippen molar-refractivity contribution < 1.29 is 9.53 Å². The van der Waals surface area contributed by atoms with Gasteiger partial charge in [0.15, 0.2) is 0 Å². The lowest BCUT2D eigenvalue weighted by Gasteiger charge is -2.11. The number of esters is 1. The van der Waals surface area contributed by atoms with E-state index in [1.807, 2.05) is 18.2 Å². The Balaban J connectivity index is 1.85. The first-order valence-corrected chi connectivity index (χ1v) is 7.50. The Hall–Kier alpha value is -2.90. The lowest BCUT2D eigenvalue weighted by molar-refractivity contribution is -0.140. The van der Waals surface area contributed by atoms with E-state index in [1.54, 1.807) is 23.1 Å². The molecule has 0 atom stereocenters. The molecule has 0 unspecified atom stereocenters. The standard InChI is InChI=1S/C16H16BN5O2/c1-24-15(23)5-4-12-7-14(19-9-11-3-2-6-18-8-11)22-16(21-12)13(17)10-20-22/h2-3,6-8,10,19H,4-5,9H2,1H3. The van der Waals surface area contributed by atoms with Crippen molar-refractivity contribution in [3.8, 4) is 0 Å². The van der Waals surface area contributed by atoms with Crippen molar-refractivity contribution in [2.45, 2.75) is 19.4 Å². The minimum atomic E-state index is -0.275. The highest BCUT2D eigenvalue weighted by Gasteiger charge is 2.10. The molecule has 0 aromatic carbocycles. The quantitative estimate of drug-likeness (QED) is 0.530. The van der Waals surface area contributed by atoms with Crippen LogP contribution in [0.3, 0.4) is 0 Å². The van der Waals surface area contributed by atoms with E-state index in [-0.39, 0.29) is 12.4 Å². The Morgan fingerprint density at radius 1 is 1.42 bits per heavy atom. The number of anilines is 1.